The average molecular weight is 302 g/mol. The van der Waals surface area contributed by atoms with E-state index in [9.17, 15) is 9.59 Å². The lowest BCUT2D eigenvalue weighted by molar-refractivity contribution is -0.132. The molecule has 2 amide bonds. The van der Waals surface area contributed by atoms with Crippen LogP contribution in [0.3, 0.4) is 0 Å². The Hall–Kier alpha value is -1.84. The summed E-state index contributed by atoms with van der Waals surface area (Å²) in [5.74, 6) is 0.245. The van der Waals surface area contributed by atoms with Crippen LogP contribution in [0.4, 0.5) is 0 Å². The van der Waals surface area contributed by atoms with Crippen molar-refractivity contribution in [3.63, 3.8) is 0 Å². The molecule has 1 heterocycles. The topological polar surface area (TPSA) is 49.4 Å². The Balaban J connectivity index is 1.73. The van der Waals surface area contributed by atoms with Gasteiger partial charge in [0.1, 0.15) is 0 Å². The lowest BCUT2D eigenvalue weighted by Gasteiger charge is -2.32. The SMILES string of the molecule is CCCCCC(=O)N1CCC(NC(=O)c2ccccc2)CC1. The van der Waals surface area contributed by atoms with Crippen LogP contribution in [0.5, 0.6) is 0 Å². The van der Waals surface area contributed by atoms with Crippen LogP contribution < -0.4 is 5.32 Å². The fourth-order valence-electron chi connectivity index (χ4n) is 2.82. The number of nitrogens with one attached hydrogen (secondary N) is 1. The number of nitrogens with zero attached hydrogens (tertiary/aromatic N) is 1. The molecule has 0 saturated carbocycles. The lowest BCUT2D eigenvalue weighted by atomic mass is 10.0. The zero-order valence-corrected chi connectivity index (χ0v) is 13.4. The maximum atomic E-state index is 12.1. The maximum Gasteiger partial charge on any atom is 0.251 e. The number of unbranched alkanes of at least 4 members (excludes halogenated alkanes) is 2. The molecular weight excluding hydrogens is 276 g/mol. The molecule has 1 aliphatic rings. The van der Waals surface area contributed by atoms with Gasteiger partial charge >= 0.3 is 0 Å². The third kappa shape index (κ3) is 4.86. The summed E-state index contributed by atoms with van der Waals surface area (Å²) in [5, 5.41) is 3.07. The first kappa shape index (κ1) is 16.5. The third-order valence-electron chi connectivity index (χ3n) is 4.21. The summed E-state index contributed by atoms with van der Waals surface area (Å²) in [6.45, 7) is 3.65. The molecule has 0 spiro atoms. The Morgan fingerprint density at radius 2 is 1.82 bits per heavy atom. The van der Waals surface area contributed by atoms with Crippen LogP contribution in [-0.4, -0.2) is 35.8 Å². The molecule has 0 aliphatic carbocycles. The van der Waals surface area contributed by atoms with E-state index in [1.54, 1.807) is 0 Å². The molecule has 1 N–H and O–H groups in total. The van der Waals surface area contributed by atoms with E-state index < -0.39 is 0 Å². The van der Waals surface area contributed by atoms with Crippen LogP contribution in [0.2, 0.25) is 0 Å². The van der Waals surface area contributed by atoms with Crippen LogP contribution in [0.15, 0.2) is 30.3 Å². The van der Waals surface area contributed by atoms with Crippen LogP contribution >= 0.6 is 0 Å². The summed E-state index contributed by atoms with van der Waals surface area (Å²) in [4.78, 5) is 26.1. The largest absolute Gasteiger partial charge is 0.349 e. The lowest BCUT2D eigenvalue weighted by Crippen LogP contribution is -2.46. The molecule has 0 atom stereocenters. The molecule has 1 aliphatic heterocycles. The van der Waals surface area contributed by atoms with Crippen molar-refractivity contribution in [3.8, 4) is 0 Å². The molecule has 120 valence electrons. The second-order valence-corrected chi connectivity index (χ2v) is 5.95. The first-order valence-electron chi connectivity index (χ1n) is 8.34. The quantitative estimate of drug-likeness (QED) is 0.821. The molecule has 1 aromatic rings. The summed E-state index contributed by atoms with van der Waals surface area (Å²) in [6.07, 6.45) is 5.60. The van der Waals surface area contributed by atoms with E-state index in [0.717, 1.165) is 45.2 Å². The van der Waals surface area contributed by atoms with E-state index in [1.165, 1.54) is 0 Å². The summed E-state index contributed by atoms with van der Waals surface area (Å²) >= 11 is 0. The number of carbonyl (C=O) groups excluding carboxylic acids is 2. The molecule has 0 aromatic heterocycles. The molecule has 4 heteroatoms. The first-order chi connectivity index (χ1) is 10.7. The van der Waals surface area contributed by atoms with Crippen molar-refractivity contribution in [3.05, 3.63) is 35.9 Å². The third-order valence-corrected chi connectivity index (χ3v) is 4.21. The second kappa shape index (κ2) is 8.57. The van der Waals surface area contributed by atoms with Crippen molar-refractivity contribution in [1.29, 1.82) is 0 Å². The van der Waals surface area contributed by atoms with Gasteiger partial charge in [-0.15, -0.1) is 0 Å². The number of rotatable bonds is 6. The monoisotopic (exact) mass is 302 g/mol. The molecule has 2 rings (SSSR count). The van der Waals surface area contributed by atoms with Crippen LogP contribution in [-0.2, 0) is 4.79 Å². The number of amides is 2. The molecule has 4 nitrogen and oxygen atoms in total. The molecule has 1 fully saturated rings. The van der Waals surface area contributed by atoms with Gasteiger partial charge in [0, 0.05) is 31.1 Å². The number of carbonyl (C=O) groups is 2. The normalized spacial score (nSPS) is 15.6. The fourth-order valence-corrected chi connectivity index (χ4v) is 2.82. The Kier molecular flexibility index (Phi) is 6.44. The minimum Gasteiger partial charge on any atom is -0.349 e. The number of hydrogen-bond acceptors (Lipinski definition) is 2. The Bertz CT molecular complexity index is 479. The van der Waals surface area contributed by atoms with Crippen LogP contribution in [0.25, 0.3) is 0 Å². The van der Waals surface area contributed by atoms with Gasteiger partial charge in [-0.1, -0.05) is 38.0 Å². The molecule has 0 radical (unpaired) electrons. The predicted molar refractivity (Wildman–Crippen MR) is 87.7 cm³/mol. The van der Waals surface area contributed by atoms with E-state index in [2.05, 4.69) is 12.2 Å². The highest BCUT2D eigenvalue weighted by molar-refractivity contribution is 5.94. The zero-order valence-electron chi connectivity index (χ0n) is 13.4. The molecule has 1 aromatic carbocycles. The maximum absolute atomic E-state index is 12.1. The summed E-state index contributed by atoms with van der Waals surface area (Å²) in [5.41, 5.74) is 0.695. The van der Waals surface area contributed by atoms with Gasteiger partial charge in [-0.2, -0.15) is 0 Å². The Morgan fingerprint density at radius 3 is 2.45 bits per heavy atom. The van der Waals surface area contributed by atoms with E-state index in [-0.39, 0.29) is 17.9 Å². The van der Waals surface area contributed by atoms with Gasteiger partial charge in [-0.05, 0) is 31.4 Å². The molecule has 0 unspecified atom stereocenters. The zero-order chi connectivity index (χ0) is 15.8. The number of likely N-dealkylation sites (tertiary alicyclic amines) is 1. The number of piperidine rings is 1. The Morgan fingerprint density at radius 1 is 1.14 bits per heavy atom. The number of hydrogen-bond donors (Lipinski definition) is 1. The number of benzene rings is 1. The minimum absolute atomic E-state index is 0.0201. The van der Waals surface area contributed by atoms with Gasteiger partial charge in [-0.25, -0.2) is 0 Å². The highest BCUT2D eigenvalue weighted by Crippen LogP contribution is 2.13. The van der Waals surface area contributed by atoms with Crippen LogP contribution in [0, 0.1) is 0 Å². The van der Waals surface area contributed by atoms with Crippen molar-refractivity contribution in [1.82, 2.24) is 10.2 Å². The van der Waals surface area contributed by atoms with E-state index >= 15 is 0 Å². The van der Waals surface area contributed by atoms with Crippen LogP contribution in [0.1, 0.15) is 55.8 Å². The minimum atomic E-state index is -0.0201. The highest BCUT2D eigenvalue weighted by atomic mass is 16.2. The first-order valence-corrected chi connectivity index (χ1v) is 8.34. The second-order valence-electron chi connectivity index (χ2n) is 5.95. The van der Waals surface area contributed by atoms with Crippen molar-refractivity contribution < 1.29 is 9.59 Å². The molecule has 0 bridgehead atoms. The highest BCUT2D eigenvalue weighted by Gasteiger charge is 2.23. The molecule has 1 saturated heterocycles. The van der Waals surface area contributed by atoms with E-state index in [4.69, 9.17) is 0 Å². The van der Waals surface area contributed by atoms with Gasteiger partial charge in [0.25, 0.3) is 5.91 Å². The summed E-state index contributed by atoms with van der Waals surface area (Å²) < 4.78 is 0. The van der Waals surface area contributed by atoms with Crippen molar-refractivity contribution >= 4 is 11.8 Å². The van der Waals surface area contributed by atoms with Gasteiger partial charge < -0.3 is 10.2 Å². The van der Waals surface area contributed by atoms with Gasteiger partial charge in [0.05, 0.1) is 0 Å². The fraction of sp³-hybridized carbons (Fsp3) is 0.556. The standard InChI is InChI=1S/C18H26N2O2/c1-2-3-5-10-17(21)20-13-11-16(12-14-20)19-18(22)15-8-6-4-7-9-15/h4,6-9,16H,2-3,5,10-14H2,1H3,(H,19,22). The van der Waals surface area contributed by atoms with Crippen molar-refractivity contribution in [2.24, 2.45) is 0 Å². The molecular formula is C18H26N2O2. The predicted octanol–water partition coefficient (Wildman–Crippen LogP) is 2.99. The Labute approximate surface area is 132 Å². The van der Waals surface area contributed by atoms with E-state index in [1.807, 2.05) is 35.2 Å². The van der Waals surface area contributed by atoms with E-state index in [0.29, 0.717) is 12.0 Å². The van der Waals surface area contributed by atoms with Gasteiger partial charge in [0.15, 0.2) is 0 Å². The molecule has 22 heavy (non-hydrogen) atoms. The smallest absolute Gasteiger partial charge is 0.251 e. The average Bonchev–Trinajstić information content (AvgIpc) is 2.56. The summed E-state index contributed by atoms with van der Waals surface area (Å²) in [6, 6.07) is 9.45. The summed E-state index contributed by atoms with van der Waals surface area (Å²) in [7, 11) is 0. The van der Waals surface area contributed by atoms with Gasteiger partial charge in [0.2, 0.25) is 5.91 Å². The van der Waals surface area contributed by atoms with Crippen molar-refractivity contribution in [2.75, 3.05) is 13.1 Å². The van der Waals surface area contributed by atoms with Crippen molar-refractivity contribution in [2.45, 2.75) is 51.5 Å². The van der Waals surface area contributed by atoms with Gasteiger partial charge in [-0.3, -0.25) is 9.59 Å².